The van der Waals surface area contributed by atoms with Crippen molar-refractivity contribution in [2.24, 2.45) is 5.92 Å². The first-order valence-corrected chi connectivity index (χ1v) is 6.91. The average Bonchev–Trinajstić information content (AvgIpc) is 2.47. The van der Waals surface area contributed by atoms with Crippen molar-refractivity contribution in [1.82, 2.24) is 4.90 Å². The normalized spacial score (nSPS) is 20.0. The Bertz CT molecular complexity index is 510. The Balaban J connectivity index is 1.82. The third-order valence-electron chi connectivity index (χ3n) is 3.64. The van der Waals surface area contributed by atoms with Crippen molar-refractivity contribution in [3.63, 3.8) is 0 Å². The third-order valence-corrected chi connectivity index (χ3v) is 3.64. The molecule has 21 heavy (non-hydrogen) atoms. The van der Waals surface area contributed by atoms with Crippen LogP contribution in [-0.4, -0.2) is 37.3 Å². The molecule has 1 fully saturated rings. The molecule has 0 saturated carbocycles. The molecule has 0 spiro atoms. The van der Waals surface area contributed by atoms with Crippen molar-refractivity contribution < 1.29 is 17.9 Å². The lowest BCUT2D eigenvalue weighted by molar-refractivity contribution is -0.186. The van der Waals surface area contributed by atoms with E-state index < -0.39 is 12.1 Å². The second-order valence-corrected chi connectivity index (χ2v) is 5.14. The summed E-state index contributed by atoms with van der Waals surface area (Å²) in [4.78, 5) is 1.77. The number of rotatable bonds is 4. The molecule has 0 N–H and O–H groups in total. The summed E-state index contributed by atoms with van der Waals surface area (Å²) in [5.41, 5.74) is 0.435. The number of piperidine rings is 1. The Kier molecular flexibility index (Phi) is 5.07. The number of hydrogen-bond acceptors (Lipinski definition) is 3. The molecular formula is C15H17F3N2O. The minimum absolute atomic E-state index is 0.0345. The molecule has 1 unspecified atom stereocenters. The van der Waals surface area contributed by atoms with Crippen LogP contribution in [0.1, 0.15) is 18.4 Å². The van der Waals surface area contributed by atoms with E-state index in [1.54, 1.807) is 29.2 Å². The molecule has 1 aromatic rings. The largest absolute Gasteiger partial charge is 0.491 e. The molecule has 2 rings (SSSR count). The van der Waals surface area contributed by atoms with Crippen LogP contribution >= 0.6 is 0 Å². The molecule has 1 aliphatic heterocycles. The van der Waals surface area contributed by atoms with Gasteiger partial charge in [-0.1, -0.05) is 12.1 Å². The van der Waals surface area contributed by atoms with E-state index in [1.165, 1.54) is 0 Å². The minimum Gasteiger partial charge on any atom is -0.491 e. The second-order valence-electron chi connectivity index (χ2n) is 5.14. The third kappa shape index (κ3) is 4.36. The van der Waals surface area contributed by atoms with Gasteiger partial charge in [-0.3, -0.25) is 4.90 Å². The van der Waals surface area contributed by atoms with Crippen LogP contribution in [0.15, 0.2) is 24.3 Å². The zero-order chi connectivity index (χ0) is 15.3. The van der Waals surface area contributed by atoms with Crippen molar-refractivity contribution in [3.8, 4) is 11.8 Å². The number of alkyl halides is 3. The van der Waals surface area contributed by atoms with Gasteiger partial charge in [0.05, 0.1) is 11.5 Å². The zero-order valence-corrected chi connectivity index (χ0v) is 11.6. The number of nitrogens with zero attached hydrogens (tertiary/aromatic N) is 2. The van der Waals surface area contributed by atoms with Gasteiger partial charge in [-0.05, 0) is 31.5 Å². The first-order chi connectivity index (χ1) is 10.0. The van der Waals surface area contributed by atoms with Gasteiger partial charge in [-0.25, -0.2) is 0 Å². The number of hydrogen-bond donors (Lipinski definition) is 0. The Labute approximate surface area is 121 Å². The number of para-hydroxylation sites is 1. The van der Waals surface area contributed by atoms with Crippen molar-refractivity contribution >= 4 is 0 Å². The van der Waals surface area contributed by atoms with E-state index >= 15 is 0 Å². The van der Waals surface area contributed by atoms with Gasteiger partial charge in [0, 0.05) is 13.1 Å². The van der Waals surface area contributed by atoms with Crippen LogP contribution in [0, 0.1) is 17.2 Å². The maximum absolute atomic E-state index is 12.7. The number of halogens is 3. The van der Waals surface area contributed by atoms with Gasteiger partial charge in [0.2, 0.25) is 0 Å². The van der Waals surface area contributed by atoms with E-state index in [2.05, 4.69) is 0 Å². The molecule has 1 aromatic carbocycles. The van der Waals surface area contributed by atoms with Crippen molar-refractivity contribution in [2.45, 2.75) is 19.0 Å². The van der Waals surface area contributed by atoms with Gasteiger partial charge in [0.1, 0.15) is 18.4 Å². The van der Waals surface area contributed by atoms with Gasteiger partial charge >= 0.3 is 6.18 Å². The molecular weight excluding hydrogens is 281 g/mol. The quantitative estimate of drug-likeness (QED) is 0.856. The fourth-order valence-electron chi connectivity index (χ4n) is 2.50. The summed E-state index contributed by atoms with van der Waals surface area (Å²) < 4.78 is 43.6. The number of likely N-dealkylation sites (tertiary alicyclic amines) is 1. The summed E-state index contributed by atoms with van der Waals surface area (Å²) in [6.45, 7) is 1.41. The lowest BCUT2D eigenvalue weighted by atomic mass is 9.98. The van der Waals surface area contributed by atoms with Gasteiger partial charge in [-0.2, -0.15) is 18.4 Å². The summed E-state index contributed by atoms with van der Waals surface area (Å²) in [6, 6.07) is 8.86. The zero-order valence-electron chi connectivity index (χ0n) is 11.6. The Morgan fingerprint density at radius 2 is 2.10 bits per heavy atom. The SMILES string of the molecule is N#Cc1ccccc1OCCN1CCCC(C(F)(F)F)C1. The monoisotopic (exact) mass is 298 g/mol. The van der Waals surface area contributed by atoms with E-state index in [0.717, 1.165) is 0 Å². The predicted molar refractivity (Wildman–Crippen MR) is 71.9 cm³/mol. The number of ether oxygens (including phenoxy) is 1. The Morgan fingerprint density at radius 1 is 1.33 bits per heavy atom. The topological polar surface area (TPSA) is 36.3 Å². The first-order valence-electron chi connectivity index (χ1n) is 6.91. The maximum Gasteiger partial charge on any atom is 0.393 e. The highest BCUT2D eigenvalue weighted by atomic mass is 19.4. The fraction of sp³-hybridized carbons (Fsp3) is 0.533. The Morgan fingerprint density at radius 3 is 2.81 bits per heavy atom. The highest BCUT2D eigenvalue weighted by Gasteiger charge is 2.41. The summed E-state index contributed by atoms with van der Waals surface area (Å²) >= 11 is 0. The molecule has 0 bridgehead atoms. The van der Waals surface area contributed by atoms with Crippen LogP contribution in [-0.2, 0) is 0 Å². The van der Waals surface area contributed by atoms with Gasteiger partial charge < -0.3 is 4.74 Å². The summed E-state index contributed by atoms with van der Waals surface area (Å²) in [5, 5.41) is 8.93. The van der Waals surface area contributed by atoms with E-state index in [1.807, 2.05) is 6.07 Å². The van der Waals surface area contributed by atoms with Crippen molar-refractivity contribution in [1.29, 1.82) is 5.26 Å². The molecule has 1 atom stereocenters. The fourth-order valence-corrected chi connectivity index (χ4v) is 2.50. The smallest absolute Gasteiger partial charge is 0.393 e. The van der Waals surface area contributed by atoms with Crippen molar-refractivity contribution in [2.75, 3.05) is 26.2 Å². The molecule has 0 amide bonds. The van der Waals surface area contributed by atoms with Crippen LogP contribution in [0.4, 0.5) is 13.2 Å². The molecule has 1 heterocycles. The number of nitriles is 1. The van der Waals surface area contributed by atoms with E-state index in [4.69, 9.17) is 10.00 Å². The van der Waals surface area contributed by atoms with Gasteiger partial charge in [0.25, 0.3) is 0 Å². The molecule has 6 heteroatoms. The average molecular weight is 298 g/mol. The van der Waals surface area contributed by atoms with Gasteiger partial charge in [-0.15, -0.1) is 0 Å². The summed E-state index contributed by atoms with van der Waals surface area (Å²) in [6.07, 6.45) is -3.36. The molecule has 0 aliphatic carbocycles. The summed E-state index contributed by atoms with van der Waals surface area (Å²) in [5.74, 6) is -0.762. The van der Waals surface area contributed by atoms with Crippen LogP contribution < -0.4 is 4.74 Å². The van der Waals surface area contributed by atoms with E-state index in [-0.39, 0.29) is 19.6 Å². The van der Waals surface area contributed by atoms with E-state index in [0.29, 0.717) is 30.8 Å². The first kappa shape index (κ1) is 15.6. The lowest BCUT2D eigenvalue weighted by Crippen LogP contribution is -2.43. The van der Waals surface area contributed by atoms with Crippen LogP contribution in [0.2, 0.25) is 0 Å². The number of benzene rings is 1. The molecule has 0 radical (unpaired) electrons. The van der Waals surface area contributed by atoms with Crippen LogP contribution in [0.25, 0.3) is 0 Å². The Hall–Kier alpha value is -1.74. The highest BCUT2D eigenvalue weighted by molar-refractivity contribution is 5.42. The molecule has 0 aromatic heterocycles. The highest BCUT2D eigenvalue weighted by Crippen LogP contribution is 2.32. The van der Waals surface area contributed by atoms with Crippen LogP contribution in [0.3, 0.4) is 0 Å². The second kappa shape index (κ2) is 6.81. The van der Waals surface area contributed by atoms with Crippen LogP contribution in [0.5, 0.6) is 5.75 Å². The lowest BCUT2D eigenvalue weighted by Gasteiger charge is -2.33. The minimum atomic E-state index is -4.12. The summed E-state index contributed by atoms with van der Waals surface area (Å²) in [7, 11) is 0. The predicted octanol–water partition coefficient (Wildman–Crippen LogP) is 3.21. The van der Waals surface area contributed by atoms with Gasteiger partial charge in [0.15, 0.2) is 0 Å². The molecule has 1 saturated heterocycles. The maximum atomic E-state index is 12.7. The van der Waals surface area contributed by atoms with Crippen molar-refractivity contribution in [3.05, 3.63) is 29.8 Å². The standard InChI is InChI=1S/C15H17F3N2O/c16-15(17,18)13-5-3-7-20(11-13)8-9-21-14-6-2-1-4-12(14)10-19/h1-2,4,6,13H,3,5,7-9,11H2. The van der Waals surface area contributed by atoms with E-state index in [9.17, 15) is 13.2 Å². The molecule has 1 aliphatic rings. The molecule has 114 valence electrons. The molecule has 3 nitrogen and oxygen atoms in total.